The van der Waals surface area contributed by atoms with Crippen LogP contribution in [0.4, 0.5) is 5.69 Å². The van der Waals surface area contributed by atoms with Crippen LogP contribution in [0, 0.1) is 0 Å². The second-order valence-corrected chi connectivity index (χ2v) is 5.80. The number of primary amides is 1. The van der Waals surface area contributed by atoms with E-state index in [1.54, 1.807) is 18.2 Å². The molecule has 0 aliphatic heterocycles. The van der Waals surface area contributed by atoms with E-state index in [4.69, 9.17) is 28.9 Å². The van der Waals surface area contributed by atoms with Gasteiger partial charge in [0.05, 0.1) is 10.0 Å². The summed E-state index contributed by atoms with van der Waals surface area (Å²) in [6.45, 7) is 0. The van der Waals surface area contributed by atoms with Crippen LogP contribution in [-0.4, -0.2) is 5.91 Å². The van der Waals surface area contributed by atoms with E-state index in [0.717, 1.165) is 10.2 Å². The third-order valence-electron chi connectivity index (χ3n) is 2.74. The van der Waals surface area contributed by atoms with Gasteiger partial charge in [-0.15, -0.1) is 0 Å². The van der Waals surface area contributed by atoms with E-state index in [9.17, 15) is 4.79 Å². The van der Waals surface area contributed by atoms with E-state index >= 15 is 0 Å². The molecular weight excluding hydrogens is 363 g/mol. The molecule has 2 rings (SSSR count). The van der Waals surface area contributed by atoms with Gasteiger partial charge in [-0.3, -0.25) is 4.79 Å². The fraction of sp³-hybridized carbons (Fsp3) is 0.0714. The van der Waals surface area contributed by atoms with Crippen LogP contribution in [-0.2, 0) is 4.79 Å². The first-order valence-corrected chi connectivity index (χ1v) is 7.29. The summed E-state index contributed by atoms with van der Waals surface area (Å²) in [7, 11) is 0. The van der Waals surface area contributed by atoms with Crippen molar-refractivity contribution in [1.82, 2.24) is 0 Å². The predicted molar refractivity (Wildman–Crippen MR) is 86.2 cm³/mol. The van der Waals surface area contributed by atoms with Crippen molar-refractivity contribution in [2.24, 2.45) is 5.73 Å². The number of amides is 1. The summed E-state index contributed by atoms with van der Waals surface area (Å²) in [5.41, 5.74) is 6.88. The van der Waals surface area contributed by atoms with Gasteiger partial charge >= 0.3 is 0 Å². The molecule has 0 radical (unpaired) electrons. The Kier molecular flexibility index (Phi) is 4.91. The van der Waals surface area contributed by atoms with Gasteiger partial charge < -0.3 is 11.1 Å². The summed E-state index contributed by atoms with van der Waals surface area (Å²) in [6.07, 6.45) is 0. The lowest BCUT2D eigenvalue weighted by atomic mass is 10.1. The maximum absolute atomic E-state index is 11.7. The zero-order chi connectivity index (χ0) is 14.7. The second kappa shape index (κ2) is 6.48. The third kappa shape index (κ3) is 3.45. The van der Waals surface area contributed by atoms with Crippen LogP contribution in [0.15, 0.2) is 46.9 Å². The number of nitrogens with two attached hydrogens (primary N) is 1. The van der Waals surface area contributed by atoms with Gasteiger partial charge in [0.1, 0.15) is 6.04 Å². The number of hydrogen-bond donors (Lipinski definition) is 2. The molecule has 2 aromatic rings. The minimum atomic E-state index is -0.691. The van der Waals surface area contributed by atoms with E-state index in [-0.39, 0.29) is 0 Å². The van der Waals surface area contributed by atoms with Crippen LogP contribution < -0.4 is 11.1 Å². The maximum atomic E-state index is 11.7. The highest BCUT2D eigenvalue weighted by Gasteiger charge is 2.19. The van der Waals surface area contributed by atoms with Gasteiger partial charge in [-0.2, -0.15) is 0 Å². The lowest BCUT2D eigenvalue weighted by Gasteiger charge is -2.18. The molecule has 0 aromatic heterocycles. The van der Waals surface area contributed by atoms with Gasteiger partial charge in [0.15, 0.2) is 0 Å². The van der Waals surface area contributed by atoms with Crippen molar-refractivity contribution in [1.29, 1.82) is 0 Å². The number of benzene rings is 2. The van der Waals surface area contributed by atoms with Crippen LogP contribution in [0.25, 0.3) is 0 Å². The Morgan fingerprint density at radius 2 is 1.85 bits per heavy atom. The lowest BCUT2D eigenvalue weighted by Crippen LogP contribution is -2.27. The number of carbonyl (C=O) groups is 1. The van der Waals surface area contributed by atoms with Crippen molar-refractivity contribution in [3.8, 4) is 0 Å². The molecule has 0 bridgehead atoms. The molecule has 20 heavy (non-hydrogen) atoms. The zero-order valence-corrected chi connectivity index (χ0v) is 13.3. The number of nitrogens with one attached hydrogen (secondary N) is 1. The Balaban J connectivity index is 2.34. The second-order valence-electron chi connectivity index (χ2n) is 4.13. The first-order valence-electron chi connectivity index (χ1n) is 5.74. The summed E-state index contributed by atoms with van der Waals surface area (Å²) in [4.78, 5) is 11.7. The standard InChI is InChI=1S/C14H11BrCl2N2O/c15-9-3-1-2-4-12(9)19-13(14(18)20)8-5-6-10(16)11(17)7-8/h1-7,13,19H,(H2,18,20). The Morgan fingerprint density at radius 3 is 2.45 bits per heavy atom. The minimum Gasteiger partial charge on any atom is -0.369 e. The third-order valence-corrected chi connectivity index (χ3v) is 4.17. The van der Waals surface area contributed by atoms with Gasteiger partial charge in [-0.05, 0) is 45.8 Å². The molecule has 2 aromatic carbocycles. The van der Waals surface area contributed by atoms with E-state index in [1.807, 2.05) is 24.3 Å². The molecule has 1 atom stereocenters. The molecule has 0 aliphatic rings. The normalized spacial score (nSPS) is 11.9. The Morgan fingerprint density at radius 1 is 1.15 bits per heavy atom. The minimum absolute atomic E-state index is 0.379. The number of hydrogen-bond acceptors (Lipinski definition) is 2. The topological polar surface area (TPSA) is 55.1 Å². The quantitative estimate of drug-likeness (QED) is 0.834. The van der Waals surface area contributed by atoms with Crippen molar-refractivity contribution in [2.75, 3.05) is 5.32 Å². The van der Waals surface area contributed by atoms with Crippen LogP contribution >= 0.6 is 39.1 Å². The zero-order valence-electron chi connectivity index (χ0n) is 10.2. The lowest BCUT2D eigenvalue weighted by molar-refractivity contribution is -0.118. The van der Waals surface area contributed by atoms with E-state index in [1.165, 1.54) is 0 Å². The van der Waals surface area contributed by atoms with Crippen LogP contribution in [0.5, 0.6) is 0 Å². The molecule has 1 amide bonds. The highest BCUT2D eigenvalue weighted by Crippen LogP contribution is 2.29. The SMILES string of the molecule is NC(=O)C(Nc1ccccc1Br)c1ccc(Cl)c(Cl)c1. The predicted octanol–water partition coefficient (Wildman–Crippen LogP) is 4.39. The Labute approximate surface area is 135 Å². The summed E-state index contributed by atoms with van der Waals surface area (Å²) < 4.78 is 0.839. The van der Waals surface area contributed by atoms with Crippen molar-refractivity contribution in [2.45, 2.75) is 6.04 Å². The van der Waals surface area contributed by atoms with Gasteiger partial charge in [-0.1, -0.05) is 41.4 Å². The largest absolute Gasteiger partial charge is 0.369 e. The maximum Gasteiger partial charge on any atom is 0.244 e. The highest BCUT2D eigenvalue weighted by atomic mass is 79.9. The van der Waals surface area contributed by atoms with Crippen LogP contribution in [0.3, 0.4) is 0 Å². The molecule has 0 fully saturated rings. The highest BCUT2D eigenvalue weighted by molar-refractivity contribution is 9.10. The molecule has 6 heteroatoms. The summed E-state index contributed by atoms with van der Waals surface area (Å²) in [5.74, 6) is -0.501. The number of halogens is 3. The molecule has 0 aliphatic carbocycles. The first kappa shape index (κ1) is 15.2. The average molecular weight is 374 g/mol. The molecule has 104 valence electrons. The summed E-state index contributed by atoms with van der Waals surface area (Å²) in [6, 6.07) is 11.7. The number of rotatable bonds is 4. The van der Waals surface area contributed by atoms with Gasteiger partial charge in [0.25, 0.3) is 0 Å². The van der Waals surface area contributed by atoms with Crippen LogP contribution in [0.1, 0.15) is 11.6 Å². The van der Waals surface area contributed by atoms with Crippen molar-refractivity contribution >= 4 is 50.7 Å². The monoisotopic (exact) mass is 372 g/mol. The van der Waals surface area contributed by atoms with E-state index < -0.39 is 11.9 Å². The average Bonchev–Trinajstić information content (AvgIpc) is 2.41. The van der Waals surface area contributed by atoms with Crippen molar-refractivity contribution in [3.05, 3.63) is 62.5 Å². The van der Waals surface area contributed by atoms with E-state index in [2.05, 4.69) is 21.2 Å². The Bertz CT molecular complexity index is 649. The van der Waals surface area contributed by atoms with Gasteiger partial charge in [-0.25, -0.2) is 0 Å². The summed E-state index contributed by atoms with van der Waals surface area (Å²) >= 11 is 15.3. The van der Waals surface area contributed by atoms with Crippen molar-refractivity contribution < 1.29 is 4.79 Å². The smallest absolute Gasteiger partial charge is 0.244 e. The molecule has 0 saturated carbocycles. The molecule has 3 nitrogen and oxygen atoms in total. The molecule has 0 spiro atoms. The fourth-order valence-corrected chi connectivity index (χ4v) is 2.45. The summed E-state index contributed by atoms with van der Waals surface area (Å²) in [5, 5.41) is 3.90. The molecule has 1 unspecified atom stereocenters. The van der Waals surface area contributed by atoms with E-state index in [0.29, 0.717) is 15.6 Å². The first-order chi connectivity index (χ1) is 9.49. The van der Waals surface area contributed by atoms with Crippen molar-refractivity contribution in [3.63, 3.8) is 0 Å². The van der Waals surface area contributed by atoms with Crippen LogP contribution in [0.2, 0.25) is 10.0 Å². The molecule has 0 saturated heterocycles. The molecular formula is C14H11BrCl2N2O. The molecule has 3 N–H and O–H groups in total. The molecule has 0 heterocycles. The number of carbonyl (C=O) groups excluding carboxylic acids is 1. The number of anilines is 1. The fourth-order valence-electron chi connectivity index (χ4n) is 1.74. The number of para-hydroxylation sites is 1. The van der Waals surface area contributed by atoms with Gasteiger partial charge in [0, 0.05) is 10.2 Å². The Hall–Kier alpha value is -1.23. The van der Waals surface area contributed by atoms with Gasteiger partial charge in [0.2, 0.25) is 5.91 Å².